The van der Waals surface area contributed by atoms with Crippen LogP contribution in [0.25, 0.3) is 27.8 Å². The highest BCUT2D eigenvalue weighted by atomic mass is 19.4. The van der Waals surface area contributed by atoms with Crippen molar-refractivity contribution in [2.75, 3.05) is 19.0 Å². The molecule has 0 radical (unpaired) electrons. The number of H-pyrrole nitrogens is 1. The molecule has 8 nitrogen and oxygen atoms in total. The number of pyridine rings is 1. The lowest BCUT2D eigenvalue weighted by Gasteiger charge is -2.26. The Morgan fingerprint density at radius 1 is 1.15 bits per heavy atom. The Balaban J connectivity index is 1.64. The summed E-state index contributed by atoms with van der Waals surface area (Å²) in [6, 6.07) is 13.9. The van der Waals surface area contributed by atoms with Crippen LogP contribution in [0.5, 0.6) is 5.75 Å². The predicted octanol–water partition coefficient (Wildman–Crippen LogP) is 3.67. The molecule has 11 heteroatoms. The number of aromatic nitrogens is 3. The van der Waals surface area contributed by atoms with E-state index in [0.717, 1.165) is 5.52 Å². The monoisotopic (exact) mass is 468 g/mol. The first-order chi connectivity index (χ1) is 16.3. The maximum absolute atomic E-state index is 13.7. The van der Waals surface area contributed by atoms with Gasteiger partial charge in [0.1, 0.15) is 11.6 Å². The van der Waals surface area contributed by atoms with Crippen LogP contribution < -0.4 is 20.9 Å². The largest absolute Gasteiger partial charge is 0.497 e. The zero-order valence-electron chi connectivity index (χ0n) is 17.8. The van der Waals surface area contributed by atoms with Gasteiger partial charge in [-0.3, -0.25) is 19.7 Å². The Hall–Kier alpha value is -4.12. The first-order valence-electron chi connectivity index (χ1n) is 10.3. The van der Waals surface area contributed by atoms with E-state index >= 15 is 0 Å². The second-order valence-corrected chi connectivity index (χ2v) is 7.66. The summed E-state index contributed by atoms with van der Waals surface area (Å²) >= 11 is 0. The Labute approximate surface area is 191 Å². The minimum atomic E-state index is -4.40. The number of benzene rings is 2. The molecule has 3 heterocycles. The van der Waals surface area contributed by atoms with Gasteiger partial charge in [-0.15, -0.1) is 0 Å². The first kappa shape index (κ1) is 21.7. The maximum Gasteiger partial charge on any atom is 0.401 e. The highest BCUT2D eigenvalue weighted by Gasteiger charge is 2.29. The van der Waals surface area contributed by atoms with Gasteiger partial charge in [0.25, 0.3) is 5.56 Å². The van der Waals surface area contributed by atoms with Crippen LogP contribution in [0.3, 0.4) is 0 Å². The van der Waals surface area contributed by atoms with Gasteiger partial charge in [-0.1, -0.05) is 6.07 Å². The van der Waals surface area contributed by atoms with E-state index < -0.39 is 19.0 Å². The van der Waals surface area contributed by atoms with Crippen LogP contribution in [0.15, 0.2) is 64.6 Å². The molecule has 2 aromatic carbocycles. The molecule has 1 aliphatic heterocycles. The molecule has 0 saturated heterocycles. The van der Waals surface area contributed by atoms with Gasteiger partial charge in [0, 0.05) is 17.3 Å². The fourth-order valence-electron chi connectivity index (χ4n) is 3.80. The van der Waals surface area contributed by atoms with Crippen LogP contribution in [0.2, 0.25) is 0 Å². The van der Waals surface area contributed by atoms with Crippen molar-refractivity contribution in [3.05, 3.63) is 70.8 Å². The third kappa shape index (κ3) is 4.13. The van der Waals surface area contributed by atoms with E-state index in [1.54, 1.807) is 42.7 Å². The maximum atomic E-state index is 13.7. The van der Waals surface area contributed by atoms with Gasteiger partial charge in [-0.2, -0.15) is 13.2 Å². The second kappa shape index (κ2) is 8.34. The average Bonchev–Trinajstić information content (AvgIpc) is 3.30. The topological polar surface area (TPSA) is 96.3 Å². The molecule has 2 aromatic heterocycles. The quantitative estimate of drug-likeness (QED) is 0.415. The smallest absolute Gasteiger partial charge is 0.401 e. The molecule has 4 aromatic rings. The number of hydrogen-bond acceptors (Lipinski definition) is 6. The molecule has 5 rings (SSSR count). The third-order valence-electron chi connectivity index (χ3n) is 5.43. The van der Waals surface area contributed by atoms with Crippen molar-refractivity contribution in [1.29, 1.82) is 0 Å². The highest BCUT2D eigenvalue weighted by Crippen LogP contribution is 2.28. The van der Waals surface area contributed by atoms with E-state index in [4.69, 9.17) is 4.74 Å². The van der Waals surface area contributed by atoms with Gasteiger partial charge in [0.05, 0.1) is 36.7 Å². The number of fused-ring (bicyclic) bond motifs is 2. The molecule has 34 heavy (non-hydrogen) atoms. The van der Waals surface area contributed by atoms with Crippen molar-refractivity contribution in [1.82, 2.24) is 19.9 Å². The summed E-state index contributed by atoms with van der Waals surface area (Å²) in [4.78, 5) is 25.1. The molecule has 0 aliphatic carbocycles. The van der Waals surface area contributed by atoms with Crippen LogP contribution >= 0.6 is 0 Å². The van der Waals surface area contributed by atoms with Gasteiger partial charge >= 0.3 is 6.18 Å². The van der Waals surface area contributed by atoms with Crippen molar-refractivity contribution in [2.45, 2.75) is 12.5 Å². The van der Waals surface area contributed by atoms with E-state index in [1.807, 2.05) is 12.1 Å². The van der Waals surface area contributed by atoms with Crippen LogP contribution in [-0.2, 0) is 0 Å². The number of rotatable bonds is 5. The number of aliphatic imine (C=N–C) groups is 1. The van der Waals surface area contributed by atoms with Crippen molar-refractivity contribution in [2.24, 2.45) is 4.99 Å². The number of nitrogens with zero attached hydrogens (tertiary/aromatic N) is 3. The molecule has 0 bridgehead atoms. The summed E-state index contributed by atoms with van der Waals surface area (Å²) in [5.74, 6) is 0.930. The minimum Gasteiger partial charge on any atom is -0.497 e. The predicted molar refractivity (Wildman–Crippen MR) is 123 cm³/mol. The van der Waals surface area contributed by atoms with Gasteiger partial charge < -0.3 is 15.0 Å². The molecular formula is C23H19F3N6O2. The highest BCUT2D eigenvalue weighted by molar-refractivity contribution is 5.92. The first-order valence-corrected chi connectivity index (χ1v) is 10.3. The normalized spacial score (nSPS) is 15.2. The number of aromatic amines is 1. The molecule has 1 unspecified atom stereocenters. The summed E-state index contributed by atoms with van der Waals surface area (Å²) < 4.78 is 44.7. The number of anilines is 1. The molecule has 1 atom stereocenters. The van der Waals surface area contributed by atoms with E-state index in [-0.39, 0.29) is 5.56 Å². The number of ether oxygens (including phenoxy) is 1. The van der Waals surface area contributed by atoms with Crippen LogP contribution in [0.4, 0.5) is 19.0 Å². The summed E-state index contributed by atoms with van der Waals surface area (Å²) in [5, 5.41) is 5.22. The summed E-state index contributed by atoms with van der Waals surface area (Å²) in [7, 11) is 1.53. The summed E-state index contributed by atoms with van der Waals surface area (Å²) in [6.07, 6.45) is -2.43. The van der Waals surface area contributed by atoms with Crippen molar-refractivity contribution in [3.63, 3.8) is 0 Å². The Kier molecular flexibility index (Phi) is 5.33. The molecule has 0 spiro atoms. The molecule has 0 saturated carbocycles. The van der Waals surface area contributed by atoms with E-state index in [0.29, 0.717) is 39.5 Å². The molecule has 3 N–H and O–H groups in total. The SMILES string of the molecule is COc1ccc(-n2c3c(cc(-c4ccc5[nH]cnc5c4)c2=O)C=NC(NCC(F)(F)F)N3)cc1. The van der Waals surface area contributed by atoms with E-state index in [2.05, 4.69) is 25.6 Å². The lowest BCUT2D eigenvalue weighted by molar-refractivity contribution is -0.125. The Morgan fingerprint density at radius 2 is 1.94 bits per heavy atom. The number of alkyl halides is 3. The fourth-order valence-corrected chi connectivity index (χ4v) is 3.80. The molecule has 174 valence electrons. The van der Waals surface area contributed by atoms with Gasteiger partial charge in [0.15, 0.2) is 6.29 Å². The van der Waals surface area contributed by atoms with E-state index in [9.17, 15) is 18.0 Å². The number of nitrogens with one attached hydrogen (secondary N) is 3. The second-order valence-electron chi connectivity index (χ2n) is 7.66. The van der Waals surface area contributed by atoms with Crippen LogP contribution in [-0.4, -0.2) is 46.9 Å². The Bertz CT molecular complexity index is 1440. The zero-order chi connectivity index (χ0) is 23.9. The standard InChI is InChI=1S/C23H19F3N6O2/c1-34-16-5-3-15(4-6-16)32-20-14(10-27-22(31-20)28-11-23(24,25)26)8-17(21(32)33)13-2-7-18-19(9-13)30-12-29-18/h2-10,12,22,28,31H,11H2,1H3,(H,29,30). The molecular weight excluding hydrogens is 449 g/mol. The fraction of sp³-hybridized carbons (Fsp3) is 0.174. The third-order valence-corrected chi connectivity index (χ3v) is 5.43. The summed E-state index contributed by atoms with van der Waals surface area (Å²) in [5.41, 5.74) is 3.30. The molecule has 1 aliphatic rings. The summed E-state index contributed by atoms with van der Waals surface area (Å²) in [6.45, 7) is -1.23. The molecule has 0 fully saturated rings. The van der Waals surface area contributed by atoms with Crippen LogP contribution in [0, 0.1) is 0 Å². The lowest BCUT2D eigenvalue weighted by atomic mass is 10.0. The van der Waals surface area contributed by atoms with Gasteiger partial charge in [0.2, 0.25) is 0 Å². The average molecular weight is 468 g/mol. The van der Waals surface area contributed by atoms with Gasteiger partial charge in [-0.05, 0) is 48.0 Å². The number of hydrogen-bond donors (Lipinski definition) is 3. The van der Waals surface area contributed by atoms with Crippen molar-refractivity contribution < 1.29 is 17.9 Å². The molecule has 0 amide bonds. The number of methoxy groups -OCH3 is 1. The lowest BCUT2D eigenvalue weighted by Crippen LogP contribution is -2.43. The minimum absolute atomic E-state index is 0.328. The van der Waals surface area contributed by atoms with Crippen molar-refractivity contribution >= 4 is 23.1 Å². The van der Waals surface area contributed by atoms with Gasteiger partial charge in [-0.25, -0.2) is 4.98 Å². The Morgan fingerprint density at radius 3 is 2.68 bits per heavy atom. The van der Waals surface area contributed by atoms with Crippen molar-refractivity contribution in [3.8, 4) is 22.6 Å². The van der Waals surface area contributed by atoms with Crippen LogP contribution in [0.1, 0.15) is 5.56 Å². The number of imidazole rings is 1. The van der Waals surface area contributed by atoms with E-state index in [1.165, 1.54) is 17.9 Å². The zero-order valence-corrected chi connectivity index (χ0v) is 17.8. The number of halogens is 3.